The molecule has 0 aliphatic carbocycles. The number of aromatic hydroxyl groups is 2. The van der Waals surface area contributed by atoms with Gasteiger partial charge < -0.3 is 15.5 Å². The molecule has 1 heterocycles. The second-order valence-electron chi connectivity index (χ2n) is 5.04. The Morgan fingerprint density at radius 3 is 2.48 bits per heavy atom. The molecule has 0 bridgehead atoms. The van der Waals surface area contributed by atoms with Crippen molar-refractivity contribution in [2.75, 3.05) is 5.32 Å². The number of amides is 1. The summed E-state index contributed by atoms with van der Waals surface area (Å²) in [6.07, 6.45) is 2.60. The van der Waals surface area contributed by atoms with Gasteiger partial charge in [-0.05, 0) is 18.2 Å². The van der Waals surface area contributed by atoms with E-state index >= 15 is 0 Å². The average molecular weight is 360 g/mol. The van der Waals surface area contributed by atoms with Crippen LogP contribution in [-0.2, 0) is 0 Å². The molecule has 1 amide bonds. The molecule has 126 valence electrons. The van der Waals surface area contributed by atoms with Gasteiger partial charge in [-0.25, -0.2) is 9.37 Å². The van der Waals surface area contributed by atoms with Crippen LogP contribution >= 0.6 is 11.6 Å². The number of benzene rings is 2. The van der Waals surface area contributed by atoms with E-state index in [0.29, 0.717) is 11.3 Å². The first-order valence-corrected chi connectivity index (χ1v) is 7.43. The van der Waals surface area contributed by atoms with Crippen LogP contribution < -0.4 is 5.32 Å². The largest absolute Gasteiger partial charge is 0.504 e. The van der Waals surface area contributed by atoms with E-state index in [9.17, 15) is 19.4 Å². The summed E-state index contributed by atoms with van der Waals surface area (Å²) >= 11 is 6.01. The minimum absolute atomic E-state index is 0.111. The summed E-state index contributed by atoms with van der Waals surface area (Å²) in [6.45, 7) is 0. The third-order valence-electron chi connectivity index (χ3n) is 3.35. The van der Waals surface area contributed by atoms with Crippen LogP contribution in [0, 0.1) is 5.82 Å². The quantitative estimate of drug-likeness (QED) is 0.621. The molecular weight excluding hydrogens is 349 g/mol. The number of rotatable bonds is 3. The van der Waals surface area contributed by atoms with Crippen molar-refractivity contribution in [3.8, 4) is 22.8 Å². The molecule has 0 spiro atoms. The number of phenols is 2. The topological polar surface area (TPSA) is 95.3 Å². The summed E-state index contributed by atoms with van der Waals surface area (Å²) in [4.78, 5) is 20.2. The molecule has 0 atom stereocenters. The van der Waals surface area contributed by atoms with E-state index in [1.165, 1.54) is 42.7 Å². The fourth-order valence-electron chi connectivity index (χ4n) is 2.11. The Hall–Kier alpha value is -3.19. The molecule has 0 aliphatic heterocycles. The van der Waals surface area contributed by atoms with Gasteiger partial charge in [-0.3, -0.25) is 9.78 Å². The van der Waals surface area contributed by atoms with Gasteiger partial charge in [0.05, 0.1) is 28.7 Å². The molecule has 8 heteroatoms. The molecule has 0 saturated carbocycles. The van der Waals surface area contributed by atoms with Gasteiger partial charge in [-0.15, -0.1) is 0 Å². The number of anilines is 1. The van der Waals surface area contributed by atoms with Crippen LogP contribution in [-0.4, -0.2) is 26.1 Å². The predicted molar refractivity (Wildman–Crippen MR) is 90.2 cm³/mol. The molecule has 0 saturated heterocycles. The van der Waals surface area contributed by atoms with E-state index in [1.54, 1.807) is 6.07 Å². The summed E-state index contributed by atoms with van der Waals surface area (Å²) in [7, 11) is 0. The minimum Gasteiger partial charge on any atom is -0.504 e. The van der Waals surface area contributed by atoms with E-state index in [1.807, 2.05) is 0 Å². The number of halogens is 2. The third kappa shape index (κ3) is 3.51. The number of aromatic nitrogens is 2. The number of nitrogens with one attached hydrogen (secondary N) is 1. The van der Waals surface area contributed by atoms with Crippen molar-refractivity contribution >= 4 is 23.3 Å². The number of carbonyl (C=O) groups is 1. The number of phenolic OH excluding ortho intramolecular Hbond substituents is 2. The first-order valence-electron chi connectivity index (χ1n) is 7.05. The summed E-state index contributed by atoms with van der Waals surface area (Å²) in [5.74, 6) is -1.87. The van der Waals surface area contributed by atoms with Gasteiger partial charge in [0.1, 0.15) is 5.82 Å². The maximum absolute atomic E-state index is 13.6. The SMILES string of the molecule is O=C(Nc1cnc(-c2cc(O)c(O)cc2Cl)cn1)c1ccccc1F. The van der Waals surface area contributed by atoms with Crippen molar-refractivity contribution in [1.82, 2.24) is 9.97 Å². The van der Waals surface area contributed by atoms with E-state index in [4.69, 9.17) is 11.6 Å². The monoisotopic (exact) mass is 359 g/mol. The third-order valence-corrected chi connectivity index (χ3v) is 3.66. The lowest BCUT2D eigenvalue weighted by atomic mass is 10.1. The first kappa shape index (κ1) is 16.7. The van der Waals surface area contributed by atoms with Gasteiger partial charge in [-0.2, -0.15) is 0 Å². The zero-order valence-corrected chi connectivity index (χ0v) is 13.3. The Labute approximate surface area is 146 Å². The lowest BCUT2D eigenvalue weighted by Crippen LogP contribution is -2.14. The predicted octanol–water partition coefficient (Wildman–Crippen LogP) is 3.60. The molecule has 6 nitrogen and oxygen atoms in total. The van der Waals surface area contributed by atoms with Crippen LogP contribution in [0.15, 0.2) is 48.8 Å². The van der Waals surface area contributed by atoms with Gasteiger partial charge >= 0.3 is 0 Å². The standard InChI is InChI=1S/C17H11ClFN3O3/c18-11-6-15(24)14(23)5-10(11)13-7-21-16(8-20-13)22-17(25)9-3-1-2-4-12(9)19/h1-8,23-24H,(H,21,22,25). The molecule has 0 radical (unpaired) electrons. The Bertz CT molecular complexity index is 948. The normalized spacial score (nSPS) is 10.5. The molecule has 3 rings (SSSR count). The zero-order chi connectivity index (χ0) is 18.0. The summed E-state index contributed by atoms with van der Waals surface area (Å²) < 4.78 is 13.6. The summed E-state index contributed by atoms with van der Waals surface area (Å²) in [6, 6.07) is 8.00. The van der Waals surface area contributed by atoms with Gasteiger partial charge in [0.15, 0.2) is 17.3 Å². The van der Waals surface area contributed by atoms with Crippen molar-refractivity contribution in [3.05, 3.63) is 65.2 Å². The van der Waals surface area contributed by atoms with Gasteiger partial charge in [0.25, 0.3) is 5.91 Å². The molecular formula is C17H11ClFN3O3. The molecule has 0 fully saturated rings. The Balaban J connectivity index is 1.82. The van der Waals surface area contributed by atoms with Crippen molar-refractivity contribution in [2.24, 2.45) is 0 Å². The highest BCUT2D eigenvalue weighted by atomic mass is 35.5. The van der Waals surface area contributed by atoms with Crippen molar-refractivity contribution < 1.29 is 19.4 Å². The van der Waals surface area contributed by atoms with Crippen LogP contribution in [0.1, 0.15) is 10.4 Å². The van der Waals surface area contributed by atoms with Crippen LogP contribution in [0.4, 0.5) is 10.2 Å². The highest BCUT2D eigenvalue weighted by Crippen LogP contribution is 2.36. The lowest BCUT2D eigenvalue weighted by molar-refractivity contribution is 0.102. The Morgan fingerprint density at radius 2 is 1.80 bits per heavy atom. The Kier molecular flexibility index (Phi) is 4.49. The van der Waals surface area contributed by atoms with Crippen molar-refractivity contribution in [2.45, 2.75) is 0 Å². The minimum atomic E-state index is -0.652. The molecule has 25 heavy (non-hydrogen) atoms. The van der Waals surface area contributed by atoms with Crippen LogP contribution in [0.5, 0.6) is 11.5 Å². The molecule has 3 N–H and O–H groups in total. The van der Waals surface area contributed by atoms with E-state index in [-0.39, 0.29) is 27.9 Å². The highest BCUT2D eigenvalue weighted by Gasteiger charge is 2.13. The summed E-state index contributed by atoms with van der Waals surface area (Å²) in [5.41, 5.74) is 0.570. The zero-order valence-electron chi connectivity index (χ0n) is 12.6. The maximum Gasteiger partial charge on any atom is 0.259 e. The smallest absolute Gasteiger partial charge is 0.259 e. The molecule has 1 aromatic heterocycles. The fraction of sp³-hybridized carbons (Fsp3) is 0. The highest BCUT2D eigenvalue weighted by molar-refractivity contribution is 6.33. The summed E-state index contributed by atoms with van der Waals surface area (Å²) in [5, 5.41) is 21.6. The average Bonchev–Trinajstić information content (AvgIpc) is 2.59. The number of hydrogen-bond donors (Lipinski definition) is 3. The van der Waals surface area contributed by atoms with Gasteiger partial charge in [-0.1, -0.05) is 23.7 Å². The molecule has 0 aliphatic rings. The lowest BCUT2D eigenvalue weighted by Gasteiger charge is -2.08. The van der Waals surface area contributed by atoms with Crippen molar-refractivity contribution in [1.29, 1.82) is 0 Å². The van der Waals surface area contributed by atoms with Crippen LogP contribution in [0.25, 0.3) is 11.3 Å². The van der Waals surface area contributed by atoms with Crippen LogP contribution in [0.2, 0.25) is 5.02 Å². The molecule has 0 unspecified atom stereocenters. The second-order valence-corrected chi connectivity index (χ2v) is 5.45. The fourth-order valence-corrected chi connectivity index (χ4v) is 2.36. The van der Waals surface area contributed by atoms with E-state index in [2.05, 4.69) is 15.3 Å². The van der Waals surface area contributed by atoms with Gasteiger partial charge in [0, 0.05) is 11.6 Å². The second kappa shape index (κ2) is 6.74. The first-order chi connectivity index (χ1) is 12.0. The number of carbonyl (C=O) groups excluding carboxylic acids is 1. The Morgan fingerprint density at radius 1 is 1.08 bits per heavy atom. The van der Waals surface area contributed by atoms with E-state index < -0.39 is 11.7 Å². The van der Waals surface area contributed by atoms with E-state index in [0.717, 1.165) is 0 Å². The van der Waals surface area contributed by atoms with Gasteiger partial charge in [0.2, 0.25) is 0 Å². The maximum atomic E-state index is 13.6. The number of hydrogen-bond acceptors (Lipinski definition) is 5. The molecule has 3 aromatic rings. The van der Waals surface area contributed by atoms with Crippen LogP contribution in [0.3, 0.4) is 0 Å². The molecule has 2 aromatic carbocycles. The number of nitrogens with zero attached hydrogens (tertiary/aromatic N) is 2. The van der Waals surface area contributed by atoms with Crippen molar-refractivity contribution in [3.63, 3.8) is 0 Å².